The minimum Gasteiger partial charge on any atom is -0.312 e. The molecule has 0 amide bonds. The predicted octanol–water partition coefficient (Wildman–Crippen LogP) is 3.44. The molecule has 2 aromatic carbocycles. The van der Waals surface area contributed by atoms with Gasteiger partial charge in [-0.2, -0.15) is 0 Å². The predicted molar refractivity (Wildman–Crippen MR) is 68.2 cm³/mol. The SMILES string of the molecule is Fc1cccc(CCNCc2c(F)cccc2F)c1. The van der Waals surface area contributed by atoms with E-state index >= 15 is 0 Å². The molecule has 2 rings (SSSR count). The van der Waals surface area contributed by atoms with Crippen molar-refractivity contribution in [2.24, 2.45) is 0 Å². The lowest BCUT2D eigenvalue weighted by molar-refractivity contribution is 0.536. The van der Waals surface area contributed by atoms with Crippen LogP contribution >= 0.6 is 0 Å². The Morgan fingerprint density at radius 2 is 1.58 bits per heavy atom. The molecule has 1 nitrogen and oxygen atoms in total. The molecule has 1 N–H and O–H groups in total. The van der Waals surface area contributed by atoms with Gasteiger partial charge in [-0.1, -0.05) is 18.2 Å². The van der Waals surface area contributed by atoms with Crippen LogP contribution in [0.4, 0.5) is 13.2 Å². The molecule has 0 aliphatic heterocycles. The van der Waals surface area contributed by atoms with Crippen LogP contribution in [0.3, 0.4) is 0 Å². The van der Waals surface area contributed by atoms with Gasteiger partial charge in [-0.25, -0.2) is 13.2 Å². The molecule has 4 heteroatoms. The monoisotopic (exact) mass is 265 g/mol. The second-order valence-electron chi connectivity index (χ2n) is 4.26. The lowest BCUT2D eigenvalue weighted by Gasteiger charge is -2.07. The first-order chi connectivity index (χ1) is 9.16. The van der Waals surface area contributed by atoms with Crippen molar-refractivity contribution in [3.8, 4) is 0 Å². The summed E-state index contributed by atoms with van der Waals surface area (Å²) in [5.74, 6) is -1.39. The van der Waals surface area contributed by atoms with Crippen LogP contribution in [0.2, 0.25) is 0 Å². The summed E-state index contributed by atoms with van der Waals surface area (Å²) >= 11 is 0. The van der Waals surface area contributed by atoms with Crippen molar-refractivity contribution >= 4 is 0 Å². The molecule has 2 aromatic rings. The van der Waals surface area contributed by atoms with E-state index in [1.165, 1.54) is 30.3 Å². The lowest BCUT2D eigenvalue weighted by Crippen LogP contribution is -2.18. The van der Waals surface area contributed by atoms with Gasteiger partial charge in [-0.05, 0) is 42.8 Å². The van der Waals surface area contributed by atoms with E-state index in [2.05, 4.69) is 5.32 Å². The van der Waals surface area contributed by atoms with E-state index in [0.717, 1.165) is 5.56 Å². The summed E-state index contributed by atoms with van der Waals surface area (Å²) in [5.41, 5.74) is 0.878. The van der Waals surface area contributed by atoms with Gasteiger partial charge < -0.3 is 5.32 Å². The number of hydrogen-bond acceptors (Lipinski definition) is 1. The van der Waals surface area contributed by atoms with Crippen molar-refractivity contribution in [2.45, 2.75) is 13.0 Å². The van der Waals surface area contributed by atoms with E-state index < -0.39 is 11.6 Å². The van der Waals surface area contributed by atoms with E-state index in [0.29, 0.717) is 13.0 Å². The molecule has 0 aliphatic rings. The highest BCUT2D eigenvalue weighted by Crippen LogP contribution is 2.11. The van der Waals surface area contributed by atoms with Crippen molar-refractivity contribution in [1.29, 1.82) is 0 Å². The summed E-state index contributed by atoms with van der Waals surface area (Å²) < 4.78 is 39.6. The lowest BCUT2D eigenvalue weighted by atomic mass is 10.1. The maximum Gasteiger partial charge on any atom is 0.130 e. The van der Waals surface area contributed by atoms with Crippen molar-refractivity contribution < 1.29 is 13.2 Å². The molecule has 0 bridgehead atoms. The first kappa shape index (κ1) is 13.6. The van der Waals surface area contributed by atoms with Crippen LogP contribution in [0.15, 0.2) is 42.5 Å². The molecule has 0 aliphatic carbocycles. The highest BCUT2D eigenvalue weighted by molar-refractivity contribution is 5.20. The standard InChI is InChI=1S/C15H14F3N/c16-12-4-1-3-11(9-12)7-8-19-10-13-14(17)5-2-6-15(13)18/h1-6,9,19H,7-8,10H2. The average Bonchev–Trinajstić information content (AvgIpc) is 2.37. The molecular weight excluding hydrogens is 251 g/mol. The first-order valence-corrected chi connectivity index (χ1v) is 6.05. The third kappa shape index (κ3) is 3.83. The molecule has 0 saturated carbocycles. The summed E-state index contributed by atoms with van der Waals surface area (Å²) in [6.07, 6.45) is 0.605. The van der Waals surface area contributed by atoms with Crippen LogP contribution in [-0.4, -0.2) is 6.54 Å². The molecule has 100 valence electrons. The summed E-state index contributed by atoms with van der Waals surface area (Å²) in [6.45, 7) is 0.644. The Bertz CT molecular complexity index is 535. The third-order valence-corrected chi connectivity index (χ3v) is 2.84. The summed E-state index contributed by atoms with van der Waals surface area (Å²) in [5, 5.41) is 2.95. The molecule has 0 fully saturated rings. The van der Waals surface area contributed by atoms with Crippen LogP contribution < -0.4 is 5.32 Å². The Hall–Kier alpha value is -1.81. The number of halogens is 3. The van der Waals surface area contributed by atoms with Gasteiger partial charge in [-0.3, -0.25) is 0 Å². The number of benzene rings is 2. The van der Waals surface area contributed by atoms with Crippen molar-refractivity contribution in [2.75, 3.05) is 6.54 Å². The Kier molecular flexibility index (Phi) is 4.58. The minimum atomic E-state index is -0.557. The average molecular weight is 265 g/mol. The van der Waals surface area contributed by atoms with Gasteiger partial charge in [0.2, 0.25) is 0 Å². The van der Waals surface area contributed by atoms with Crippen LogP contribution in [0.25, 0.3) is 0 Å². The van der Waals surface area contributed by atoms with Crippen LogP contribution in [0, 0.1) is 17.5 Å². The van der Waals surface area contributed by atoms with E-state index in [-0.39, 0.29) is 17.9 Å². The smallest absolute Gasteiger partial charge is 0.130 e. The molecule has 0 atom stereocenters. The molecule has 19 heavy (non-hydrogen) atoms. The maximum atomic E-state index is 13.3. The second kappa shape index (κ2) is 6.38. The van der Waals surface area contributed by atoms with Crippen LogP contribution in [0.5, 0.6) is 0 Å². The molecule has 0 radical (unpaired) electrons. The normalized spacial score (nSPS) is 10.7. The van der Waals surface area contributed by atoms with Crippen molar-refractivity contribution in [3.05, 3.63) is 71.0 Å². The zero-order valence-corrected chi connectivity index (χ0v) is 10.3. The summed E-state index contributed by atoms with van der Waals surface area (Å²) in [7, 11) is 0. The molecule has 0 spiro atoms. The Labute approximate surface area is 110 Å². The maximum absolute atomic E-state index is 13.3. The zero-order chi connectivity index (χ0) is 13.7. The van der Waals surface area contributed by atoms with Gasteiger partial charge >= 0.3 is 0 Å². The molecule has 0 heterocycles. The Balaban J connectivity index is 1.84. The van der Waals surface area contributed by atoms with Crippen molar-refractivity contribution in [1.82, 2.24) is 5.32 Å². The van der Waals surface area contributed by atoms with E-state index in [4.69, 9.17) is 0 Å². The summed E-state index contributed by atoms with van der Waals surface area (Å²) in [6, 6.07) is 10.1. The third-order valence-electron chi connectivity index (χ3n) is 2.84. The number of rotatable bonds is 5. The van der Waals surface area contributed by atoms with Gasteiger partial charge in [-0.15, -0.1) is 0 Å². The Morgan fingerprint density at radius 1 is 0.895 bits per heavy atom. The second-order valence-corrected chi connectivity index (χ2v) is 4.26. The highest BCUT2D eigenvalue weighted by Gasteiger charge is 2.07. The van der Waals surface area contributed by atoms with Gasteiger partial charge in [0.15, 0.2) is 0 Å². The summed E-state index contributed by atoms with van der Waals surface area (Å²) in [4.78, 5) is 0. The zero-order valence-electron chi connectivity index (χ0n) is 10.3. The topological polar surface area (TPSA) is 12.0 Å². The van der Waals surface area contributed by atoms with E-state index in [9.17, 15) is 13.2 Å². The quantitative estimate of drug-likeness (QED) is 0.817. The van der Waals surface area contributed by atoms with Gasteiger partial charge in [0, 0.05) is 12.1 Å². The van der Waals surface area contributed by atoms with Crippen molar-refractivity contribution in [3.63, 3.8) is 0 Å². The molecule has 0 saturated heterocycles. The fourth-order valence-corrected chi connectivity index (χ4v) is 1.84. The fraction of sp³-hybridized carbons (Fsp3) is 0.200. The van der Waals surface area contributed by atoms with Crippen LogP contribution in [-0.2, 0) is 13.0 Å². The molecular formula is C15H14F3N. The van der Waals surface area contributed by atoms with E-state index in [1.54, 1.807) is 6.07 Å². The number of hydrogen-bond donors (Lipinski definition) is 1. The fourth-order valence-electron chi connectivity index (χ4n) is 1.84. The minimum absolute atomic E-state index is 0.0294. The Morgan fingerprint density at radius 3 is 2.26 bits per heavy atom. The molecule has 0 unspecified atom stereocenters. The molecule has 0 aromatic heterocycles. The van der Waals surface area contributed by atoms with E-state index in [1.807, 2.05) is 6.07 Å². The van der Waals surface area contributed by atoms with Crippen LogP contribution in [0.1, 0.15) is 11.1 Å². The van der Waals surface area contributed by atoms with Gasteiger partial charge in [0.25, 0.3) is 0 Å². The van der Waals surface area contributed by atoms with Gasteiger partial charge in [0.05, 0.1) is 0 Å². The largest absolute Gasteiger partial charge is 0.312 e. The first-order valence-electron chi connectivity index (χ1n) is 6.05. The number of nitrogens with one attached hydrogen (secondary N) is 1. The highest BCUT2D eigenvalue weighted by atomic mass is 19.1. The van der Waals surface area contributed by atoms with Gasteiger partial charge in [0.1, 0.15) is 17.5 Å².